The lowest BCUT2D eigenvalue weighted by Gasteiger charge is -2.17. The standard InChI is InChI=1S/C28H33N3O/c1-3-31(4-2)20-10-19-29-28(32)25-14-9-16-27(22-25)30-26-15-8-13-24(21-26)18-17-23-11-6-5-7-12-23/h5-9,11-18,21-22,30H,3-4,10,19-20H2,1-2H3,(H,29,32)/b18-17+. The van der Waals surface area contributed by atoms with Crippen LogP contribution in [0.2, 0.25) is 0 Å². The summed E-state index contributed by atoms with van der Waals surface area (Å²) in [5.41, 5.74) is 4.82. The molecule has 0 unspecified atom stereocenters. The lowest BCUT2D eigenvalue weighted by atomic mass is 10.1. The van der Waals surface area contributed by atoms with Gasteiger partial charge >= 0.3 is 0 Å². The van der Waals surface area contributed by atoms with Crippen LogP contribution in [0.15, 0.2) is 78.9 Å². The molecular weight excluding hydrogens is 394 g/mol. The predicted octanol–water partition coefficient (Wildman–Crippen LogP) is 6.06. The first-order valence-electron chi connectivity index (χ1n) is 11.4. The van der Waals surface area contributed by atoms with Gasteiger partial charge < -0.3 is 15.5 Å². The first kappa shape index (κ1) is 23.3. The van der Waals surface area contributed by atoms with Crippen molar-refractivity contribution in [2.75, 3.05) is 31.5 Å². The Morgan fingerprint density at radius 1 is 0.812 bits per heavy atom. The van der Waals surface area contributed by atoms with Crippen LogP contribution in [0.3, 0.4) is 0 Å². The summed E-state index contributed by atoms with van der Waals surface area (Å²) >= 11 is 0. The molecule has 0 spiro atoms. The van der Waals surface area contributed by atoms with E-state index >= 15 is 0 Å². The summed E-state index contributed by atoms with van der Waals surface area (Å²) in [5, 5.41) is 6.45. The number of nitrogens with zero attached hydrogens (tertiary/aromatic N) is 1. The predicted molar refractivity (Wildman–Crippen MR) is 136 cm³/mol. The van der Waals surface area contributed by atoms with Gasteiger partial charge in [-0.3, -0.25) is 4.79 Å². The normalized spacial score (nSPS) is 11.1. The van der Waals surface area contributed by atoms with Crippen molar-refractivity contribution in [2.24, 2.45) is 0 Å². The second-order valence-corrected chi connectivity index (χ2v) is 7.71. The molecule has 0 saturated heterocycles. The minimum Gasteiger partial charge on any atom is -0.355 e. The van der Waals surface area contributed by atoms with E-state index in [4.69, 9.17) is 0 Å². The fourth-order valence-electron chi connectivity index (χ4n) is 3.53. The van der Waals surface area contributed by atoms with Gasteiger partial charge in [0.2, 0.25) is 0 Å². The minimum atomic E-state index is -0.0345. The van der Waals surface area contributed by atoms with Crippen molar-refractivity contribution in [3.05, 3.63) is 95.6 Å². The second kappa shape index (κ2) is 12.5. The van der Waals surface area contributed by atoms with Crippen molar-refractivity contribution in [3.63, 3.8) is 0 Å². The fraction of sp³-hybridized carbons (Fsp3) is 0.250. The number of nitrogens with one attached hydrogen (secondary N) is 2. The molecule has 2 N–H and O–H groups in total. The molecule has 0 atom stereocenters. The van der Waals surface area contributed by atoms with Crippen molar-refractivity contribution < 1.29 is 4.79 Å². The summed E-state index contributed by atoms with van der Waals surface area (Å²) in [7, 11) is 0. The number of hydrogen-bond acceptors (Lipinski definition) is 3. The van der Waals surface area contributed by atoms with E-state index in [0.29, 0.717) is 12.1 Å². The number of benzene rings is 3. The van der Waals surface area contributed by atoms with E-state index in [1.165, 1.54) is 5.56 Å². The zero-order valence-corrected chi connectivity index (χ0v) is 19.1. The molecule has 0 saturated carbocycles. The van der Waals surface area contributed by atoms with Gasteiger partial charge in [-0.15, -0.1) is 0 Å². The summed E-state index contributed by atoms with van der Waals surface area (Å²) in [6, 6.07) is 26.1. The van der Waals surface area contributed by atoms with E-state index < -0.39 is 0 Å². The van der Waals surface area contributed by atoms with Crippen LogP contribution < -0.4 is 10.6 Å². The maximum Gasteiger partial charge on any atom is 0.251 e. The Hall–Kier alpha value is -3.37. The van der Waals surface area contributed by atoms with Crippen molar-refractivity contribution in [2.45, 2.75) is 20.3 Å². The summed E-state index contributed by atoms with van der Waals surface area (Å²) in [5.74, 6) is -0.0345. The lowest BCUT2D eigenvalue weighted by Crippen LogP contribution is -2.29. The molecule has 0 bridgehead atoms. The average Bonchev–Trinajstić information content (AvgIpc) is 2.84. The molecule has 0 radical (unpaired) electrons. The van der Waals surface area contributed by atoms with Crippen LogP contribution in [0.4, 0.5) is 11.4 Å². The van der Waals surface area contributed by atoms with Crippen LogP contribution >= 0.6 is 0 Å². The van der Waals surface area contributed by atoms with Crippen LogP contribution in [0, 0.1) is 0 Å². The molecule has 166 valence electrons. The maximum absolute atomic E-state index is 12.5. The third-order valence-corrected chi connectivity index (χ3v) is 5.40. The Kier molecular flexibility index (Phi) is 9.08. The van der Waals surface area contributed by atoms with Gasteiger partial charge in [-0.1, -0.05) is 74.5 Å². The minimum absolute atomic E-state index is 0.0345. The summed E-state index contributed by atoms with van der Waals surface area (Å²) in [4.78, 5) is 14.9. The first-order valence-corrected chi connectivity index (χ1v) is 11.4. The molecule has 0 aliphatic heterocycles. The highest BCUT2D eigenvalue weighted by molar-refractivity contribution is 5.95. The molecule has 0 aliphatic rings. The molecule has 3 aromatic carbocycles. The molecule has 0 fully saturated rings. The number of rotatable bonds is 11. The molecule has 4 heteroatoms. The number of amides is 1. The van der Waals surface area contributed by atoms with Gasteiger partial charge in [0.15, 0.2) is 0 Å². The smallest absolute Gasteiger partial charge is 0.251 e. The van der Waals surface area contributed by atoms with Gasteiger partial charge in [0.1, 0.15) is 0 Å². The van der Waals surface area contributed by atoms with Crippen molar-refractivity contribution in [1.82, 2.24) is 10.2 Å². The Labute approximate surface area is 192 Å². The van der Waals surface area contributed by atoms with Gasteiger partial charge in [0, 0.05) is 23.5 Å². The SMILES string of the molecule is CCN(CC)CCCNC(=O)c1cccc(Nc2cccc(/C=C/c3ccccc3)c2)c1. The monoisotopic (exact) mass is 427 g/mol. The van der Waals surface area contributed by atoms with Gasteiger partial charge in [0.25, 0.3) is 5.91 Å². The first-order chi connectivity index (χ1) is 15.7. The molecule has 32 heavy (non-hydrogen) atoms. The molecule has 3 rings (SSSR count). The summed E-state index contributed by atoms with van der Waals surface area (Å²) in [6.07, 6.45) is 5.15. The van der Waals surface area contributed by atoms with E-state index in [0.717, 1.165) is 43.0 Å². The van der Waals surface area contributed by atoms with Crippen LogP contribution in [-0.4, -0.2) is 37.0 Å². The van der Waals surface area contributed by atoms with E-state index in [-0.39, 0.29) is 5.91 Å². The Balaban J connectivity index is 1.57. The fourth-order valence-corrected chi connectivity index (χ4v) is 3.53. The van der Waals surface area contributed by atoms with E-state index in [1.54, 1.807) is 0 Å². The quantitative estimate of drug-likeness (QED) is 0.289. The van der Waals surface area contributed by atoms with E-state index in [1.807, 2.05) is 54.6 Å². The van der Waals surface area contributed by atoms with Crippen LogP contribution in [0.25, 0.3) is 12.2 Å². The number of hydrogen-bond donors (Lipinski definition) is 2. The van der Waals surface area contributed by atoms with Crippen LogP contribution in [-0.2, 0) is 0 Å². The van der Waals surface area contributed by atoms with Gasteiger partial charge in [-0.2, -0.15) is 0 Å². The van der Waals surface area contributed by atoms with Crippen molar-refractivity contribution in [1.29, 1.82) is 0 Å². The highest BCUT2D eigenvalue weighted by Crippen LogP contribution is 2.20. The second-order valence-electron chi connectivity index (χ2n) is 7.71. The molecule has 4 nitrogen and oxygen atoms in total. The maximum atomic E-state index is 12.5. The number of carbonyl (C=O) groups is 1. The molecule has 0 aromatic heterocycles. The lowest BCUT2D eigenvalue weighted by molar-refractivity contribution is 0.0952. The molecule has 0 heterocycles. The number of carbonyl (C=O) groups excluding carboxylic acids is 1. The Morgan fingerprint density at radius 2 is 1.47 bits per heavy atom. The van der Waals surface area contributed by atoms with Gasteiger partial charge in [0.05, 0.1) is 0 Å². The molecular formula is C28H33N3O. The Bertz CT molecular complexity index is 1010. The highest BCUT2D eigenvalue weighted by Gasteiger charge is 2.07. The highest BCUT2D eigenvalue weighted by atomic mass is 16.1. The largest absolute Gasteiger partial charge is 0.355 e. The van der Waals surface area contributed by atoms with Crippen molar-refractivity contribution in [3.8, 4) is 0 Å². The molecule has 3 aromatic rings. The topological polar surface area (TPSA) is 44.4 Å². The van der Waals surface area contributed by atoms with Gasteiger partial charge in [-0.05, 0) is 67.5 Å². The summed E-state index contributed by atoms with van der Waals surface area (Å²) < 4.78 is 0. The molecule has 0 aliphatic carbocycles. The third kappa shape index (κ3) is 7.40. The van der Waals surface area contributed by atoms with Crippen molar-refractivity contribution >= 4 is 29.4 Å². The summed E-state index contributed by atoms with van der Waals surface area (Å²) in [6.45, 7) is 8.10. The zero-order chi connectivity index (χ0) is 22.6. The van der Waals surface area contributed by atoms with Crippen LogP contribution in [0.5, 0.6) is 0 Å². The zero-order valence-electron chi connectivity index (χ0n) is 19.1. The number of anilines is 2. The molecule has 1 amide bonds. The Morgan fingerprint density at radius 3 is 2.22 bits per heavy atom. The van der Waals surface area contributed by atoms with E-state index in [2.05, 4.69) is 65.8 Å². The average molecular weight is 428 g/mol. The third-order valence-electron chi connectivity index (χ3n) is 5.40. The van der Waals surface area contributed by atoms with E-state index in [9.17, 15) is 4.79 Å². The van der Waals surface area contributed by atoms with Crippen LogP contribution in [0.1, 0.15) is 41.8 Å². The van der Waals surface area contributed by atoms with Gasteiger partial charge in [-0.25, -0.2) is 0 Å².